The Morgan fingerprint density at radius 3 is 2.87 bits per heavy atom. The van der Waals surface area contributed by atoms with E-state index in [-0.39, 0.29) is 0 Å². The summed E-state index contributed by atoms with van der Waals surface area (Å²) in [7, 11) is 0. The molecule has 0 aromatic carbocycles. The Morgan fingerprint density at radius 1 is 1.27 bits per heavy atom. The van der Waals surface area contributed by atoms with E-state index in [1.54, 1.807) is 0 Å². The van der Waals surface area contributed by atoms with E-state index in [0.717, 1.165) is 39.0 Å². The standard InChI is InChI=1S/C12H22N2O/c1-3-5-10-15-11-9-14-8-7-13-12(14)6-4-2/h7-8H,3-6,9-11H2,1-2H3. The van der Waals surface area contributed by atoms with Gasteiger partial charge in [-0.25, -0.2) is 4.98 Å². The first kappa shape index (κ1) is 12.2. The summed E-state index contributed by atoms with van der Waals surface area (Å²) in [6.45, 7) is 6.97. The van der Waals surface area contributed by atoms with Crippen LogP contribution in [-0.2, 0) is 17.7 Å². The summed E-state index contributed by atoms with van der Waals surface area (Å²) in [5.41, 5.74) is 0. The Morgan fingerprint density at radius 2 is 2.13 bits per heavy atom. The van der Waals surface area contributed by atoms with Crippen molar-refractivity contribution in [1.29, 1.82) is 0 Å². The van der Waals surface area contributed by atoms with Crippen LogP contribution in [0.4, 0.5) is 0 Å². The van der Waals surface area contributed by atoms with Crippen LogP contribution in [-0.4, -0.2) is 22.8 Å². The van der Waals surface area contributed by atoms with Gasteiger partial charge in [-0.15, -0.1) is 0 Å². The molecule has 0 aliphatic heterocycles. The zero-order chi connectivity index (χ0) is 10.9. The predicted molar refractivity (Wildman–Crippen MR) is 61.9 cm³/mol. The lowest BCUT2D eigenvalue weighted by molar-refractivity contribution is 0.123. The van der Waals surface area contributed by atoms with Crippen LogP contribution in [0.5, 0.6) is 0 Å². The Hall–Kier alpha value is -0.830. The van der Waals surface area contributed by atoms with Gasteiger partial charge in [0.1, 0.15) is 5.82 Å². The highest BCUT2D eigenvalue weighted by Crippen LogP contribution is 2.01. The van der Waals surface area contributed by atoms with Gasteiger partial charge in [-0.3, -0.25) is 0 Å². The maximum Gasteiger partial charge on any atom is 0.108 e. The van der Waals surface area contributed by atoms with Crippen molar-refractivity contribution in [3.05, 3.63) is 18.2 Å². The second-order valence-corrected chi connectivity index (χ2v) is 3.75. The lowest BCUT2D eigenvalue weighted by Crippen LogP contribution is -2.09. The average Bonchev–Trinajstić information content (AvgIpc) is 2.66. The minimum atomic E-state index is 0.799. The molecule has 3 heteroatoms. The molecule has 86 valence electrons. The molecule has 0 spiro atoms. The van der Waals surface area contributed by atoms with Crippen LogP contribution in [0.25, 0.3) is 0 Å². The van der Waals surface area contributed by atoms with Gasteiger partial charge in [0.25, 0.3) is 0 Å². The van der Waals surface area contributed by atoms with Crippen molar-refractivity contribution in [2.75, 3.05) is 13.2 Å². The Balaban J connectivity index is 2.21. The molecule has 1 rings (SSSR count). The summed E-state index contributed by atoms with van der Waals surface area (Å²) < 4.78 is 7.72. The number of nitrogens with zero attached hydrogens (tertiary/aromatic N) is 2. The number of hydrogen-bond donors (Lipinski definition) is 0. The van der Waals surface area contributed by atoms with Gasteiger partial charge in [0.05, 0.1) is 6.61 Å². The molecule has 15 heavy (non-hydrogen) atoms. The highest BCUT2D eigenvalue weighted by atomic mass is 16.5. The summed E-state index contributed by atoms with van der Waals surface area (Å²) in [6.07, 6.45) is 8.47. The third-order valence-electron chi connectivity index (χ3n) is 2.39. The number of hydrogen-bond acceptors (Lipinski definition) is 2. The van der Waals surface area contributed by atoms with Crippen molar-refractivity contribution >= 4 is 0 Å². The highest BCUT2D eigenvalue weighted by molar-refractivity contribution is 4.92. The number of imidazole rings is 1. The van der Waals surface area contributed by atoms with Gasteiger partial charge in [0, 0.05) is 32.0 Å². The van der Waals surface area contributed by atoms with Crippen molar-refractivity contribution in [2.24, 2.45) is 0 Å². The van der Waals surface area contributed by atoms with Gasteiger partial charge in [-0.05, 0) is 12.8 Å². The fourth-order valence-electron chi connectivity index (χ4n) is 1.51. The van der Waals surface area contributed by atoms with Crippen LogP contribution >= 0.6 is 0 Å². The first-order chi connectivity index (χ1) is 7.38. The van der Waals surface area contributed by atoms with E-state index < -0.39 is 0 Å². The summed E-state index contributed by atoms with van der Waals surface area (Å²) in [6, 6.07) is 0. The smallest absolute Gasteiger partial charge is 0.108 e. The summed E-state index contributed by atoms with van der Waals surface area (Å²) in [5.74, 6) is 1.18. The molecule has 0 aliphatic carbocycles. The molecule has 0 amide bonds. The number of aromatic nitrogens is 2. The van der Waals surface area contributed by atoms with Crippen LogP contribution in [0.1, 0.15) is 38.9 Å². The summed E-state index contributed by atoms with van der Waals surface area (Å²) >= 11 is 0. The van der Waals surface area contributed by atoms with Gasteiger partial charge in [-0.1, -0.05) is 20.3 Å². The normalized spacial score (nSPS) is 10.8. The van der Waals surface area contributed by atoms with Crippen molar-refractivity contribution < 1.29 is 4.74 Å². The summed E-state index contributed by atoms with van der Waals surface area (Å²) in [5, 5.41) is 0. The quantitative estimate of drug-likeness (QED) is 0.617. The highest BCUT2D eigenvalue weighted by Gasteiger charge is 2.00. The molecule has 1 aromatic rings. The second-order valence-electron chi connectivity index (χ2n) is 3.75. The summed E-state index contributed by atoms with van der Waals surface area (Å²) in [4.78, 5) is 4.33. The van der Waals surface area contributed by atoms with Gasteiger partial charge in [0.2, 0.25) is 0 Å². The molecule has 0 saturated heterocycles. The van der Waals surface area contributed by atoms with Crippen molar-refractivity contribution in [3.63, 3.8) is 0 Å². The fourth-order valence-corrected chi connectivity index (χ4v) is 1.51. The Labute approximate surface area is 92.5 Å². The maximum absolute atomic E-state index is 5.53. The van der Waals surface area contributed by atoms with Crippen molar-refractivity contribution in [1.82, 2.24) is 9.55 Å². The first-order valence-electron chi connectivity index (χ1n) is 5.96. The zero-order valence-electron chi connectivity index (χ0n) is 9.91. The molecule has 1 aromatic heterocycles. The zero-order valence-corrected chi connectivity index (χ0v) is 9.91. The Kier molecular flexibility index (Phi) is 6.09. The maximum atomic E-state index is 5.53. The largest absolute Gasteiger partial charge is 0.380 e. The minimum absolute atomic E-state index is 0.799. The van der Waals surface area contributed by atoms with Gasteiger partial charge < -0.3 is 9.30 Å². The molecule has 0 atom stereocenters. The van der Waals surface area contributed by atoms with Gasteiger partial charge >= 0.3 is 0 Å². The molecule has 3 nitrogen and oxygen atoms in total. The van der Waals surface area contributed by atoms with Crippen LogP contribution in [0, 0.1) is 0 Å². The van der Waals surface area contributed by atoms with Crippen LogP contribution in [0.15, 0.2) is 12.4 Å². The average molecular weight is 210 g/mol. The SMILES string of the molecule is CCCCOCCn1ccnc1CCC. The number of ether oxygens (including phenoxy) is 1. The Bertz CT molecular complexity index is 258. The van der Waals surface area contributed by atoms with Crippen LogP contribution in [0.3, 0.4) is 0 Å². The van der Waals surface area contributed by atoms with Crippen molar-refractivity contribution in [3.8, 4) is 0 Å². The molecule has 0 radical (unpaired) electrons. The van der Waals surface area contributed by atoms with E-state index >= 15 is 0 Å². The van der Waals surface area contributed by atoms with Gasteiger partial charge in [0.15, 0.2) is 0 Å². The van der Waals surface area contributed by atoms with E-state index in [0.29, 0.717) is 0 Å². The fraction of sp³-hybridized carbons (Fsp3) is 0.750. The number of rotatable bonds is 8. The van der Waals surface area contributed by atoms with Gasteiger partial charge in [-0.2, -0.15) is 0 Å². The lowest BCUT2D eigenvalue weighted by atomic mass is 10.3. The first-order valence-corrected chi connectivity index (χ1v) is 5.96. The molecular weight excluding hydrogens is 188 g/mol. The third kappa shape index (κ3) is 4.47. The minimum Gasteiger partial charge on any atom is -0.380 e. The van der Waals surface area contributed by atoms with E-state index in [1.807, 2.05) is 12.4 Å². The van der Waals surface area contributed by atoms with E-state index in [1.165, 1.54) is 12.2 Å². The van der Waals surface area contributed by atoms with Crippen LogP contribution < -0.4 is 0 Å². The molecular formula is C12H22N2O. The molecule has 0 saturated carbocycles. The van der Waals surface area contributed by atoms with E-state index in [2.05, 4.69) is 23.4 Å². The molecule has 0 bridgehead atoms. The topological polar surface area (TPSA) is 27.1 Å². The molecule has 1 heterocycles. The number of aryl methyl sites for hydroxylation is 1. The third-order valence-corrected chi connectivity index (χ3v) is 2.39. The second kappa shape index (κ2) is 7.46. The van der Waals surface area contributed by atoms with E-state index in [9.17, 15) is 0 Å². The van der Waals surface area contributed by atoms with Crippen molar-refractivity contribution in [2.45, 2.75) is 46.1 Å². The number of unbranched alkanes of at least 4 members (excludes halogenated alkanes) is 1. The molecule has 0 N–H and O–H groups in total. The lowest BCUT2D eigenvalue weighted by Gasteiger charge is -2.07. The van der Waals surface area contributed by atoms with Crippen LogP contribution in [0.2, 0.25) is 0 Å². The van der Waals surface area contributed by atoms with E-state index in [4.69, 9.17) is 4.74 Å². The monoisotopic (exact) mass is 210 g/mol. The molecule has 0 fully saturated rings. The molecule has 0 aliphatic rings. The molecule has 0 unspecified atom stereocenters. The predicted octanol–water partition coefficient (Wildman–Crippen LogP) is 2.65.